The van der Waals surface area contributed by atoms with Gasteiger partial charge in [0.1, 0.15) is 10.7 Å². The molecule has 0 spiro atoms. The van der Waals surface area contributed by atoms with E-state index in [0.717, 1.165) is 20.8 Å². The fraction of sp³-hybridized carbons (Fsp3) is 0.263. The summed E-state index contributed by atoms with van der Waals surface area (Å²) in [7, 11) is 0. The lowest BCUT2D eigenvalue weighted by molar-refractivity contribution is 0.465. The predicted octanol–water partition coefficient (Wildman–Crippen LogP) is 4.56. The summed E-state index contributed by atoms with van der Waals surface area (Å²) in [5.74, 6) is 1.54. The molecule has 0 atom stereocenters. The lowest BCUT2D eigenvalue weighted by Crippen LogP contribution is -2.10. The second-order valence-electron chi connectivity index (χ2n) is 6.44. The average molecular weight is 399 g/mol. The highest BCUT2D eigenvalue weighted by molar-refractivity contribution is 7.98. The van der Waals surface area contributed by atoms with Crippen LogP contribution in [0.2, 0.25) is 0 Å². The molecule has 1 N–H and O–H groups in total. The molecule has 3 heterocycles. The molecule has 4 aromatic rings. The predicted molar refractivity (Wildman–Crippen MR) is 108 cm³/mol. The molecule has 0 fully saturated rings. The van der Waals surface area contributed by atoms with Crippen molar-refractivity contribution in [2.24, 2.45) is 0 Å². The molecule has 0 aliphatic rings. The lowest BCUT2D eigenvalue weighted by Gasteiger charge is -2.01. The van der Waals surface area contributed by atoms with E-state index < -0.39 is 0 Å². The standard InChI is InChI=1S/C19H18N4O2S2/c1-9-5-6-13(7-10(9)2)17-22-23-19(25-17)26-8-14-20-16(24)15-11(3)12(4)27-18(15)21-14/h5-7H,8H2,1-4H3,(H,20,21,24). The van der Waals surface area contributed by atoms with E-state index in [1.54, 1.807) is 11.3 Å². The minimum atomic E-state index is -0.0983. The molecule has 27 heavy (non-hydrogen) atoms. The largest absolute Gasteiger partial charge is 0.411 e. The summed E-state index contributed by atoms with van der Waals surface area (Å²) in [5, 5.41) is 9.35. The number of aryl methyl sites for hydroxylation is 4. The third kappa shape index (κ3) is 3.42. The zero-order chi connectivity index (χ0) is 19.1. The summed E-state index contributed by atoms with van der Waals surface area (Å²) >= 11 is 2.90. The van der Waals surface area contributed by atoms with Gasteiger partial charge in [-0.1, -0.05) is 17.8 Å². The fourth-order valence-electron chi connectivity index (χ4n) is 2.76. The zero-order valence-electron chi connectivity index (χ0n) is 15.4. The van der Waals surface area contributed by atoms with Gasteiger partial charge in [-0.2, -0.15) is 0 Å². The normalized spacial score (nSPS) is 11.4. The first-order valence-corrected chi connectivity index (χ1v) is 10.3. The van der Waals surface area contributed by atoms with Crippen molar-refractivity contribution in [2.45, 2.75) is 38.7 Å². The van der Waals surface area contributed by atoms with Crippen molar-refractivity contribution in [2.75, 3.05) is 0 Å². The Morgan fingerprint density at radius 2 is 1.96 bits per heavy atom. The van der Waals surface area contributed by atoms with Crippen LogP contribution < -0.4 is 5.56 Å². The highest BCUT2D eigenvalue weighted by Crippen LogP contribution is 2.28. The molecule has 0 amide bonds. The smallest absolute Gasteiger partial charge is 0.277 e. The Bertz CT molecular complexity index is 1210. The van der Waals surface area contributed by atoms with Gasteiger partial charge in [-0.15, -0.1) is 21.5 Å². The highest BCUT2D eigenvalue weighted by atomic mass is 32.2. The molecule has 0 saturated heterocycles. The number of nitrogens with one attached hydrogen (secondary N) is 1. The van der Waals surface area contributed by atoms with Gasteiger partial charge in [-0.05, 0) is 56.5 Å². The molecule has 0 bridgehead atoms. The Balaban J connectivity index is 1.54. The number of thiophene rings is 1. The molecular formula is C19H18N4O2S2. The van der Waals surface area contributed by atoms with Gasteiger partial charge in [0.15, 0.2) is 0 Å². The SMILES string of the molecule is Cc1ccc(-c2nnc(SCc3nc4sc(C)c(C)c4c(=O)[nH]3)o2)cc1C. The Morgan fingerprint density at radius 3 is 2.74 bits per heavy atom. The average Bonchev–Trinajstić information content (AvgIpc) is 3.21. The first-order valence-electron chi connectivity index (χ1n) is 8.45. The molecule has 3 aromatic heterocycles. The van der Waals surface area contributed by atoms with E-state index in [2.05, 4.69) is 34.0 Å². The maximum Gasteiger partial charge on any atom is 0.277 e. The molecule has 0 aliphatic carbocycles. The molecule has 0 radical (unpaired) electrons. The maximum atomic E-state index is 12.3. The zero-order valence-corrected chi connectivity index (χ0v) is 17.0. The minimum absolute atomic E-state index is 0.0983. The minimum Gasteiger partial charge on any atom is -0.411 e. The summed E-state index contributed by atoms with van der Waals surface area (Å²) in [6, 6.07) is 6.04. The van der Waals surface area contributed by atoms with E-state index in [0.29, 0.717) is 28.1 Å². The Kier molecular flexibility index (Phi) is 4.61. The molecule has 6 nitrogen and oxygen atoms in total. The number of benzene rings is 1. The van der Waals surface area contributed by atoms with Crippen LogP contribution in [-0.4, -0.2) is 20.2 Å². The van der Waals surface area contributed by atoms with Crippen LogP contribution in [0, 0.1) is 27.7 Å². The van der Waals surface area contributed by atoms with Gasteiger partial charge in [0.05, 0.1) is 11.1 Å². The van der Waals surface area contributed by atoms with E-state index in [9.17, 15) is 4.79 Å². The van der Waals surface area contributed by atoms with Crippen molar-refractivity contribution >= 4 is 33.3 Å². The van der Waals surface area contributed by atoms with Gasteiger partial charge in [0, 0.05) is 10.4 Å². The number of rotatable bonds is 4. The molecule has 0 aliphatic heterocycles. The van der Waals surface area contributed by atoms with Crippen molar-refractivity contribution in [1.82, 2.24) is 20.2 Å². The maximum absolute atomic E-state index is 12.3. The molecule has 0 unspecified atom stereocenters. The third-order valence-electron chi connectivity index (χ3n) is 4.58. The van der Waals surface area contributed by atoms with Gasteiger partial charge < -0.3 is 9.40 Å². The Hall–Kier alpha value is -2.45. The van der Waals surface area contributed by atoms with Gasteiger partial charge in [0.25, 0.3) is 10.8 Å². The number of fused-ring (bicyclic) bond motifs is 1. The van der Waals surface area contributed by atoms with Crippen LogP contribution in [-0.2, 0) is 5.75 Å². The summed E-state index contributed by atoms with van der Waals surface area (Å²) in [6.45, 7) is 8.07. The molecule has 138 valence electrons. The topological polar surface area (TPSA) is 84.7 Å². The van der Waals surface area contributed by atoms with E-state index in [4.69, 9.17) is 4.42 Å². The first kappa shape index (κ1) is 17.9. The number of thioether (sulfide) groups is 1. The summed E-state index contributed by atoms with van der Waals surface area (Å²) < 4.78 is 5.75. The van der Waals surface area contributed by atoms with E-state index >= 15 is 0 Å². The number of hydrogen-bond donors (Lipinski definition) is 1. The summed E-state index contributed by atoms with van der Waals surface area (Å²) in [6.07, 6.45) is 0. The number of aromatic nitrogens is 4. The van der Waals surface area contributed by atoms with Gasteiger partial charge in [-0.3, -0.25) is 4.79 Å². The number of hydrogen-bond acceptors (Lipinski definition) is 7. The number of aromatic amines is 1. The Labute approximate surface area is 164 Å². The number of H-pyrrole nitrogens is 1. The third-order valence-corrected chi connectivity index (χ3v) is 6.51. The molecule has 0 saturated carbocycles. The quantitative estimate of drug-likeness (QED) is 0.507. The van der Waals surface area contributed by atoms with Crippen LogP contribution in [0.25, 0.3) is 21.7 Å². The number of nitrogens with zero attached hydrogens (tertiary/aromatic N) is 3. The van der Waals surface area contributed by atoms with Crippen molar-refractivity contribution < 1.29 is 4.42 Å². The molecule has 1 aromatic carbocycles. The van der Waals surface area contributed by atoms with Crippen molar-refractivity contribution in [3.8, 4) is 11.5 Å². The van der Waals surface area contributed by atoms with Gasteiger partial charge in [-0.25, -0.2) is 4.98 Å². The van der Waals surface area contributed by atoms with Crippen LogP contribution in [0.15, 0.2) is 32.6 Å². The van der Waals surface area contributed by atoms with Crippen LogP contribution in [0.4, 0.5) is 0 Å². The molecule has 4 rings (SSSR count). The van der Waals surface area contributed by atoms with E-state index in [-0.39, 0.29) is 5.56 Å². The summed E-state index contributed by atoms with van der Waals surface area (Å²) in [5.41, 5.74) is 4.19. The van der Waals surface area contributed by atoms with Crippen molar-refractivity contribution in [3.05, 3.63) is 55.9 Å². The second kappa shape index (κ2) is 6.94. The van der Waals surface area contributed by atoms with E-state index in [1.165, 1.54) is 22.9 Å². The summed E-state index contributed by atoms with van der Waals surface area (Å²) in [4.78, 5) is 21.7. The van der Waals surface area contributed by atoms with Gasteiger partial charge in [0.2, 0.25) is 5.89 Å². The Morgan fingerprint density at radius 1 is 1.15 bits per heavy atom. The van der Waals surface area contributed by atoms with Crippen LogP contribution >= 0.6 is 23.1 Å². The molecular weight excluding hydrogens is 380 g/mol. The monoisotopic (exact) mass is 398 g/mol. The lowest BCUT2D eigenvalue weighted by atomic mass is 10.1. The van der Waals surface area contributed by atoms with Crippen molar-refractivity contribution in [3.63, 3.8) is 0 Å². The second-order valence-corrected chi connectivity index (χ2v) is 8.57. The van der Waals surface area contributed by atoms with Gasteiger partial charge >= 0.3 is 0 Å². The van der Waals surface area contributed by atoms with Crippen LogP contribution in [0.1, 0.15) is 27.4 Å². The van der Waals surface area contributed by atoms with Crippen molar-refractivity contribution in [1.29, 1.82) is 0 Å². The van der Waals surface area contributed by atoms with Crippen LogP contribution in [0.5, 0.6) is 0 Å². The molecule has 8 heteroatoms. The van der Waals surface area contributed by atoms with E-state index in [1.807, 2.05) is 32.0 Å². The first-order chi connectivity index (χ1) is 12.9. The highest BCUT2D eigenvalue weighted by Gasteiger charge is 2.14. The van der Waals surface area contributed by atoms with Crippen LogP contribution in [0.3, 0.4) is 0 Å². The fourth-order valence-corrected chi connectivity index (χ4v) is 4.44.